The van der Waals surface area contributed by atoms with E-state index in [1.165, 1.54) is 0 Å². The van der Waals surface area contributed by atoms with Gasteiger partial charge < -0.3 is 111 Å². The van der Waals surface area contributed by atoms with Crippen LogP contribution in [0.2, 0.25) is 0 Å². The van der Waals surface area contributed by atoms with Gasteiger partial charge in [-0.15, -0.1) is 0 Å². The molecule has 146 heavy (non-hydrogen) atoms. The number of nitrogens with one attached hydrogen (secondary N) is 4. The number of anilines is 8. The van der Waals surface area contributed by atoms with E-state index < -0.39 is 0 Å². The van der Waals surface area contributed by atoms with Gasteiger partial charge in [0.25, 0.3) is 6.47 Å². The molecule has 0 aromatic heterocycles. The Hall–Kier alpha value is -11.8. The van der Waals surface area contributed by atoms with Gasteiger partial charge >= 0.3 is 103 Å². The van der Waals surface area contributed by atoms with Gasteiger partial charge in [-0.3, -0.25) is 20.2 Å². The summed E-state index contributed by atoms with van der Waals surface area (Å²) in [6, 6.07) is 66.9. The molecule has 0 fully saturated rings. The normalized spacial score (nSPS) is 10.8. The van der Waals surface area contributed by atoms with Crippen LogP contribution in [0.1, 0.15) is 133 Å². The molecule has 11 aromatic rings. The maximum Gasteiger partial charge on any atom is 1.00 e. The first-order chi connectivity index (χ1) is 68.9. The summed E-state index contributed by atoms with van der Waals surface area (Å²) in [5, 5.41) is 64.9. The van der Waals surface area contributed by atoms with Crippen molar-refractivity contribution in [3.05, 3.63) is 301 Å². The third kappa shape index (κ3) is 38.1. The maximum atomic E-state index is 15.9. The minimum atomic E-state index is -0.345. The average Bonchev–Trinajstić information content (AvgIpc) is 1.33. The summed E-state index contributed by atoms with van der Waals surface area (Å²) in [6.07, 6.45) is 4.19. The number of carbonyl (C=O) groups excluding carboxylic acids is 1. The van der Waals surface area contributed by atoms with Crippen LogP contribution in [-0.2, 0) is 59.0 Å². The number of nitrogens with zero attached hydrogens (tertiary/aromatic N) is 11. The molecule has 2 aliphatic heterocycles. The first kappa shape index (κ1) is 128. The molecule has 29 nitrogen and oxygen atoms in total. The number of aliphatic hydroxyl groups excluding tert-OH is 1. The zero-order valence-corrected chi connectivity index (χ0v) is 94.4. The fourth-order valence-corrected chi connectivity index (χ4v) is 15.5. The third-order valence-electron chi connectivity index (χ3n) is 22.5. The molecule has 0 unspecified atom stereocenters. The Bertz CT molecular complexity index is 5980. The second-order valence-corrected chi connectivity index (χ2v) is 32.7. The molecule has 0 radical (unpaired) electrons. The van der Waals surface area contributed by atoms with E-state index in [2.05, 4.69) is 83.9 Å². The number of alkyl halides is 1. The van der Waals surface area contributed by atoms with Crippen LogP contribution < -0.4 is 193 Å². The second kappa shape index (κ2) is 68.6. The predicted molar refractivity (Wildman–Crippen MR) is 573 cm³/mol. The molecule has 0 spiro atoms. The molecule has 0 atom stereocenters. The van der Waals surface area contributed by atoms with Crippen molar-refractivity contribution in [3.8, 4) is 58.5 Å². The number of rotatable bonds is 35. The maximum absolute atomic E-state index is 15.9. The number of ether oxygens (including phenoxy) is 8. The van der Waals surface area contributed by atoms with Gasteiger partial charge in [0.1, 0.15) is 40.2 Å². The molecule has 2 aliphatic rings. The molecule has 0 saturated carbocycles. The predicted octanol–water partition coefficient (Wildman–Crippen LogP) is 13.5. The zero-order valence-electron chi connectivity index (χ0n) is 87.6. The van der Waals surface area contributed by atoms with Crippen molar-refractivity contribution < 1.29 is 180 Å². The average molecular weight is 2120 g/mol. The van der Waals surface area contributed by atoms with E-state index in [1.807, 2.05) is 160 Å². The van der Waals surface area contributed by atoms with Crippen molar-refractivity contribution in [1.29, 1.82) is 26.6 Å². The number of aliphatic imine (C=N–C) groups is 2. The van der Waals surface area contributed by atoms with Gasteiger partial charge in [0.05, 0.1) is 137 Å². The standard InChI is InChI=1S/C32H37FN4O2.C29H35FN4O3.C26H25FN4O2.C9H8BrNO.C8H11FN2.C2H8N2.C2H6O.CH2O3.CH4.2K.H/c1-36(20-24-14-12-22(18-30(24)38-3)26-8-6-16-34-26)28-10-5-11-29(32(28)33)37(2)21-25-15-13-23(19-31(25)39-4)27-9-7-17-35-27;1-7-37-29(32)21-12-14-23(27(16-21)36-6)18-34(4)25-10-8-9-24(28(25)30)33(3)17-22-13-11-20(19(2)31)15-26(22)35-5;1-30(16-20-10-8-18(14-28)12-24(20)32-3)22-6-5-7-23(26(22)27)31(2)17-21-11-9-19(15-29)13-25(21)33-4;1-12-9-4-7(6-11)2-3-8(9)5-10;1-10-6-4-3-5-7(11-2)8(6)9;3-1-2-4;1-2-3;2-1-4-3;;;;/h5,10-15,18-19H,6-9,16-17,20-21H2,1-4H3;8-16,31-32H,7,17-18H2,1-6H3;5-13H,16-17H2,1-4H3;2-4H,5H2,1H3;3-5,10-11H,1-2H3;1-4H2;3H,2H2,1H3;1,3H;1H4;;;/q;;;;;;;;;2*+1;-1/p-1. The molecule has 0 aliphatic carbocycles. The molecular formula is C110H136BrF4K2N17O12. The monoisotopic (exact) mass is 2120 g/mol. The Morgan fingerprint density at radius 1 is 0.452 bits per heavy atom. The molecule has 9 N–H and O–H groups in total. The van der Waals surface area contributed by atoms with Gasteiger partial charge in [-0.25, -0.2) is 17.6 Å². The largest absolute Gasteiger partial charge is 1.00 e. The molecule has 0 amide bonds. The van der Waals surface area contributed by atoms with E-state index in [1.54, 1.807) is 172 Å². The fraction of sp³-hybridized carbons (Fsp3) is 0.327. The fourth-order valence-electron chi connectivity index (χ4n) is 15.1. The smallest absolute Gasteiger partial charge is 1.00 e. The summed E-state index contributed by atoms with van der Waals surface area (Å²) in [5.74, 6) is 3.71. The van der Waals surface area contributed by atoms with Crippen molar-refractivity contribution in [2.75, 3.05) is 186 Å². The number of hydrogen-bond acceptors (Lipinski definition) is 29. The number of methoxy groups -OCH3 is 7. The van der Waals surface area contributed by atoms with E-state index in [9.17, 15) is 4.39 Å². The van der Waals surface area contributed by atoms with Gasteiger partial charge in [0.2, 0.25) is 5.90 Å². The van der Waals surface area contributed by atoms with Crippen LogP contribution in [0.4, 0.5) is 63.1 Å². The summed E-state index contributed by atoms with van der Waals surface area (Å²) in [4.78, 5) is 31.6. The van der Waals surface area contributed by atoms with Gasteiger partial charge in [0, 0.05) is 195 Å². The molecule has 11 aromatic carbocycles. The van der Waals surface area contributed by atoms with Crippen LogP contribution >= 0.6 is 15.9 Å². The van der Waals surface area contributed by atoms with Crippen molar-refractivity contribution >= 4 is 90.9 Å². The van der Waals surface area contributed by atoms with Crippen molar-refractivity contribution in [2.24, 2.45) is 21.5 Å². The number of hydrogen-bond donors (Lipinski definition) is 7. The van der Waals surface area contributed by atoms with Crippen LogP contribution in [0.3, 0.4) is 0 Å². The van der Waals surface area contributed by atoms with E-state index in [4.69, 9.17) is 91.1 Å². The van der Waals surface area contributed by atoms with Crippen LogP contribution in [0.25, 0.3) is 0 Å². The van der Waals surface area contributed by atoms with Gasteiger partial charge in [0.15, 0.2) is 23.3 Å². The summed E-state index contributed by atoms with van der Waals surface area (Å²) >= 11 is 3.33. The molecule has 0 bridgehead atoms. The van der Waals surface area contributed by atoms with Crippen LogP contribution in [-0.4, -0.2) is 180 Å². The van der Waals surface area contributed by atoms with Crippen LogP contribution in [0.5, 0.6) is 40.2 Å². The molecule has 13 rings (SSSR count). The third-order valence-corrected chi connectivity index (χ3v) is 23.1. The zero-order chi connectivity index (χ0) is 105. The molecule has 0 saturated heterocycles. The Morgan fingerprint density at radius 2 is 0.712 bits per heavy atom. The van der Waals surface area contributed by atoms with E-state index in [0.717, 1.165) is 128 Å². The minimum Gasteiger partial charge on any atom is -1.00 e. The van der Waals surface area contributed by atoms with E-state index in [-0.39, 0.29) is 154 Å². The van der Waals surface area contributed by atoms with Gasteiger partial charge in [-0.1, -0.05) is 108 Å². The number of halogens is 5. The summed E-state index contributed by atoms with van der Waals surface area (Å²) in [5.41, 5.74) is 28.2. The molecule has 36 heteroatoms. The number of nitriles is 3. The van der Waals surface area contributed by atoms with E-state index >= 15 is 13.2 Å². The van der Waals surface area contributed by atoms with Gasteiger partial charge in [-0.05, 0) is 178 Å². The second-order valence-electron chi connectivity index (χ2n) is 32.1. The number of aliphatic hydroxyl groups is 1. The van der Waals surface area contributed by atoms with E-state index in [0.29, 0.717) is 155 Å². The quantitative estimate of drug-likeness (QED) is 0.00283. The minimum absolute atomic E-state index is 0. The summed E-state index contributed by atoms with van der Waals surface area (Å²) in [7, 11) is 25.7. The molecule has 770 valence electrons. The topological polar surface area (TPSA) is 383 Å². The Balaban J connectivity index is 0.000000634. The van der Waals surface area contributed by atoms with Crippen molar-refractivity contribution in [1.82, 2.24) is 0 Å². The first-order valence-corrected chi connectivity index (χ1v) is 46.9. The Morgan fingerprint density at radius 3 is 0.966 bits per heavy atom. The SMILES string of the molecule is C.CCO.CCOC(=N)c1ccc(CN(C)c2cccc(N(C)Cc3ccc(C(C)=N)cc3OC)c2F)c(OC)c1.CNc1cccc(NC)c1F.COc1cc(C#N)ccc1CBr.COc1cc(C#N)ccc1CN(C)c1cccc(N(C)Cc2ccc(C#N)cc2OC)c1F.COc1cc(C2=NCCC2)ccc1CN(C)c1cccc(N(C)Cc2ccc(C3=NCCC3)cc2OC)c1F.NCCN.O=CO[O-].[H-].[K+].[K+]. The van der Waals surface area contributed by atoms with Crippen LogP contribution in [0.15, 0.2) is 210 Å². The summed E-state index contributed by atoms with van der Waals surface area (Å²) in [6.45, 7) is 11.4. The number of nitrogens with two attached hydrogens (primary N) is 2. The van der Waals surface area contributed by atoms with Crippen LogP contribution in [0, 0.1) is 68.1 Å². The number of carbonyl (C=O) groups is 1. The van der Waals surface area contributed by atoms with Crippen molar-refractivity contribution in [2.45, 2.75) is 98.5 Å². The Kier molecular flexibility index (Phi) is 60.3. The molecular weight excluding hydrogens is 1990 g/mol. The Labute approximate surface area is 952 Å². The number of benzene rings is 11. The first-order valence-electron chi connectivity index (χ1n) is 45.7. The summed E-state index contributed by atoms with van der Waals surface area (Å²) < 4.78 is 104. The molecule has 2 heterocycles. The van der Waals surface area contributed by atoms with Gasteiger partial charge in [-0.2, -0.15) is 15.8 Å². The van der Waals surface area contributed by atoms with Crippen molar-refractivity contribution in [3.63, 3.8) is 0 Å².